The second kappa shape index (κ2) is 11.2. The van der Waals surface area contributed by atoms with Crippen LogP contribution in [0.4, 0.5) is 0 Å². The number of benzene rings is 3. The number of para-hydroxylation sites is 1. The van der Waals surface area contributed by atoms with Crippen molar-refractivity contribution in [2.45, 2.75) is 33.4 Å². The smallest absolute Gasteiger partial charge is 0.262 e. The van der Waals surface area contributed by atoms with E-state index in [0.29, 0.717) is 10.6 Å². The summed E-state index contributed by atoms with van der Waals surface area (Å²) in [7, 11) is 0. The van der Waals surface area contributed by atoms with Gasteiger partial charge in [-0.2, -0.15) is 5.10 Å². The van der Waals surface area contributed by atoms with Crippen LogP contribution < -0.4 is 10.7 Å². The van der Waals surface area contributed by atoms with Crippen molar-refractivity contribution >= 4 is 40.5 Å². The normalized spacial score (nSPS) is 12.2. The number of halogens is 1. The molecule has 0 radical (unpaired) electrons. The van der Waals surface area contributed by atoms with Crippen molar-refractivity contribution in [2.24, 2.45) is 11.0 Å². The van der Waals surface area contributed by atoms with Crippen LogP contribution in [0, 0.1) is 12.8 Å². The average Bonchev–Trinajstić information content (AvgIpc) is 3.19. The Labute approximate surface area is 216 Å². The molecule has 2 amide bonds. The molecule has 7 heteroatoms. The Morgan fingerprint density at radius 1 is 1.03 bits per heavy atom. The highest BCUT2D eigenvalue weighted by molar-refractivity contribution is 6.33. The van der Waals surface area contributed by atoms with E-state index in [1.165, 1.54) is 11.1 Å². The van der Waals surface area contributed by atoms with Crippen molar-refractivity contribution in [2.75, 3.05) is 0 Å². The molecule has 4 aromatic rings. The number of amides is 2. The Morgan fingerprint density at radius 2 is 1.78 bits per heavy atom. The third kappa shape index (κ3) is 5.83. The van der Waals surface area contributed by atoms with E-state index >= 15 is 0 Å². The number of hydrogen-bond donors (Lipinski definition) is 2. The van der Waals surface area contributed by atoms with Crippen LogP contribution in [0.15, 0.2) is 84.1 Å². The summed E-state index contributed by atoms with van der Waals surface area (Å²) in [6.45, 7) is 6.53. The molecule has 0 spiro atoms. The van der Waals surface area contributed by atoms with Gasteiger partial charge in [0.2, 0.25) is 0 Å². The number of fused-ring (bicyclic) bond motifs is 1. The lowest BCUT2D eigenvalue weighted by Gasteiger charge is -2.20. The number of hydrogen-bond acceptors (Lipinski definition) is 3. The van der Waals surface area contributed by atoms with Crippen LogP contribution in [0.5, 0.6) is 0 Å². The van der Waals surface area contributed by atoms with Crippen molar-refractivity contribution < 1.29 is 9.59 Å². The first-order chi connectivity index (χ1) is 17.3. The number of nitrogens with one attached hydrogen (secondary N) is 2. The molecule has 1 atom stereocenters. The maximum absolute atomic E-state index is 12.9. The first-order valence-electron chi connectivity index (χ1n) is 11.8. The fourth-order valence-corrected chi connectivity index (χ4v) is 4.37. The zero-order valence-corrected chi connectivity index (χ0v) is 21.3. The first kappa shape index (κ1) is 25.2. The molecular formula is C29H29ClN4O2. The number of carbonyl (C=O) groups excluding carboxylic acids is 2. The Morgan fingerprint density at radius 3 is 2.53 bits per heavy atom. The average molecular weight is 501 g/mol. The van der Waals surface area contributed by atoms with E-state index in [4.69, 9.17) is 11.6 Å². The molecule has 0 saturated heterocycles. The monoisotopic (exact) mass is 500 g/mol. The molecule has 2 N–H and O–H groups in total. The van der Waals surface area contributed by atoms with E-state index in [2.05, 4.69) is 57.7 Å². The maximum atomic E-state index is 12.9. The lowest BCUT2D eigenvalue weighted by Crippen LogP contribution is -2.48. The predicted molar refractivity (Wildman–Crippen MR) is 145 cm³/mol. The van der Waals surface area contributed by atoms with Gasteiger partial charge in [-0.15, -0.1) is 0 Å². The standard InChI is InChI=1S/C29H29ClN4O2/c1-19(2)27(32-28(35)24-12-4-6-13-25(24)30)29(36)33-31-16-22-18-34(26-14-7-5-11-23(22)26)17-21-10-8-9-20(3)15-21/h4-16,18-19,27H,17H2,1-3H3,(H,32,35)(H,33,36)/b31-16-. The number of carbonyl (C=O) groups is 2. The largest absolute Gasteiger partial charge is 0.342 e. The summed E-state index contributed by atoms with van der Waals surface area (Å²) in [5, 5.41) is 8.36. The quantitative estimate of drug-likeness (QED) is 0.245. The van der Waals surface area contributed by atoms with Gasteiger partial charge in [0.25, 0.3) is 11.8 Å². The summed E-state index contributed by atoms with van der Waals surface area (Å²) in [5.41, 5.74) is 7.31. The third-order valence-corrected chi connectivity index (χ3v) is 6.32. The summed E-state index contributed by atoms with van der Waals surface area (Å²) >= 11 is 6.13. The molecule has 0 aliphatic rings. The summed E-state index contributed by atoms with van der Waals surface area (Å²) in [6.07, 6.45) is 3.67. The Bertz CT molecular complexity index is 1420. The van der Waals surface area contributed by atoms with Crippen molar-refractivity contribution in [1.82, 2.24) is 15.3 Å². The molecule has 6 nitrogen and oxygen atoms in total. The van der Waals surface area contributed by atoms with Crippen molar-refractivity contribution in [3.63, 3.8) is 0 Å². The van der Waals surface area contributed by atoms with Gasteiger partial charge in [-0.3, -0.25) is 9.59 Å². The molecule has 1 aromatic heterocycles. The molecule has 36 heavy (non-hydrogen) atoms. The van der Waals surface area contributed by atoms with Crippen molar-refractivity contribution in [3.8, 4) is 0 Å². The maximum Gasteiger partial charge on any atom is 0.262 e. The second-order valence-electron chi connectivity index (χ2n) is 9.13. The van der Waals surface area contributed by atoms with E-state index in [1.54, 1.807) is 30.5 Å². The van der Waals surface area contributed by atoms with E-state index in [0.717, 1.165) is 23.0 Å². The number of aryl methyl sites for hydroxylation is 1. The molecule has 0 aliphatic carbocycles. The van der Waals surface area contributed by atoms with Crippen LogP contribution >= 0.6 is 11.6 Å². The fraction of sp³-hybridized carbons (Fsp3) is 0.207. The summed E-state index contributed by atoms with van der Waals surface area (Å²) < 4.78 is 2.17. The lowest BCUT2D eigenvalue weighted by molar-refractivity contribution is -0.123. The van der Waals surface area contributed by atoms with Crippen LogP contribution in [0.2, 0.25) is 5.02 Å². The van der Waals surface area contributed by atoms with Crippen LogP contribution in [0.25, 0.3) is 10.9 Å². The highest BCUT2D eigenvalue weighted by Gasteiger charge is 2.25. The fourth-order valence-electron chi connectivity index (χ4n) is 4.15. The summed E-state index contributed by atoms with van der Waals surface area (Å²) in [6, 6.07) is 22.5. The summed E-state index contributed by atoms with van der Waals surface area (Å²) in [4.78, 5) is 25.6. The van der Waals surface area contributed by atoms with Gasteiger partial charge in [0.1, 0.15) is 6.04 Å². The minimum atomic E-state index is -0.770. The van der Waals surface area contributed by atoms with Crippen LogP contribution in [0.3, 0.4) is 0 Å². The molecular weight excluding hydrogens is 472 g/mol. The van der Waals surface area contributed by atoms with Gasteiger partial charge in [0, 0.05) is 29.2 Å². The molecule has 0 bridgehead atoms. The van der Waals surface area contributed by atoms with E-state index < -0.39 is 17.9 Å². The number of aromatic nitrogens is 1. The molecule has 1 heterocycles. The van der Waals surface area contributed by atoms with Crippen molar-refractivity contribution in [1.29, 1.82) is 0 Å². The Kier molecular flexibility index (Phi) is 7.86. The van der Waals surface area contributed by atoms with Crippen LogP contribution in [0.1, 0.15) is 40.9 Å². The summed E-state index contributed by atoms with van der Waals surface area (Å²) in [5.74, 6) is -0.953. The SMILES string of the molecule is Cc1cccc(Cn2cc(/C=N\NC(=O)C(NC(=O)c3ccccc3Cl)C(C)C)c3ccccc32)c1. The highest BCUT2D eigenvalue weighted by atomic mass is 35.5. The number of rotatable bonds is 8. The van der Waals surface area contributed by atoms with Gasteiger partial charge in [-0.05, 0) is 36.6 Å². The van der Waals surface area contributed by atoms with E-state index in [1.807, 2.05) is 38.2 Å². The molecule has 184 valence electrons. The molecule has 0 fully saturated rings. The topological polar surface area (TPSA) is 75.5 Å². The molecule has 4 rings (SSSR count). The van der Waals surface area contributed by atoms with Gasteiger partial charge in [0.15, 0.2) is 0 Å². The lowest BCUT2D eigenvalue weighted by atomic mass is 10.0. The Hall–Kier alpha value is -3.90. The van der Waals surface area contributed by atoms with Crippen LogP contribution in [-0.4, -0.2) is 28.6 Å². The van der Waals surface area contributed by atoms with E-state index in [-0.39, 0.29) is 5.92 Å². The minimum Gasteiger partial charge on any atom is -0.342 e. The van der Waals surface area contributed by atoms with E-state index in [9.17, 15) is 9.59 Å². The van der Waals surface area contributed by atoms with Gasteiger partial charge in [-0.1, -0.05) is 85.6 Å². The predicted octanol–water partition coefficient (Wildman–Crippen LogP) is 5.56. The number of hydrazone groups is 1. The molecule has 1 unspecified atom stereocenters. The minimum absolute atomic E-state index is 0.150. The van der Waals surface area contributed by atoms with Gasteiger partial charge >= 0.3 is 0 Å². The zero-order valence-electron chi connectivity index (χ0n) is 20.5. The van der Waals surface area contributed by atoms with Gasteiger partial charge in [-0.25, -0.2) is 5.43 Å². The first-order valence-corrected chi connectivity index (χ1v) is 12.2. The van der Waals surface area contributed by atoms with Gasteiger partial charge in [0.05, 0.1) is 16.8 Å². The highest BCUT2D eigenvalue weighted by Crippen LogP contribution is 2.21. The zero-order chi connectivity index (χ0) is 25.7. The molecule has 0 aliphatic heterocycles. The van der Waals surface area contributed by atoms with Gasteiger partial charge < -0.3 is 9.88 Å². The second-order valence-corrected chi connectivity index (χ2v) is 9.53. The number of nitrogens with zero attached hydrogens (tertiary/aromatic N) is 2. The van der Waals surface area contributed by atoms with Crippen LogP contribution in [-0.2, 0) is 11.3 Å². The third-order valence-electron chi connectivity index (χ3n) is 5.99. The molecule has 3 aromatic carbocycles. The molecule has 0 saturated carbocycles. The Balaban J connectivity index is 1.49. The van der Waals surface area contributed by atoms with Crippen molar-refractivity contribution in [3.05, 3.63) is 106 Å².